The second-order valence-corrected chi connectivity index (χ2v) is 10.2. The van der Waals surface area contributed by atoms with Crippen LogP contribution in [0.2, 0.25) is 0 Å². The number of ether oxygens (including phenoxy) is 1. The molecule has 3 amide bonds. The highest BCUT2D eigenvalue weighted by molar-refractivity contribution is 5.90. The number of carbonyl (C=O) groups excluding carboxylic acids is 2. The fourth-order valence-corrected chi connectivity index (χ4v) is 5.20. The monoisotopic (exact) mass is 527 g/mol. The molecule has 2 aromatic rings. The summed E-state index contributed by atoms with van der Waals surface area (Å²) in [6, 6.07) is 7.94. The zero-order chi connectivity index (χ0) is 24.6. The SMILES string of the molecule is CC1COCCN1c1nc2c(c(-c3ccc(NC(=O)NC4CC4)cc3)n1)CN(C(=O)C1CCCN1)C2.Cl. The van der Waals surface area contributed by atoms with Gasteiger partial charge in [0.2, 0.25) is 11.9 Å². The minimum atomic E-state index is -0.175. The highest BCUT2D eigenvalue weighted by Gasteiger charge is 2.34. The van der Waals surface area contributed by atoms with Gasteiger partial charge in [-0.1, -0.05) is 12.1 Å². The molecule has 1 aromatic carbocycles. The van der Waals surface area contributed by atoms with E-state index in [2.05, 4.69) is 27.8 Å². The summed E-state index contributed by atoms with van der Waals surface area (Å²) >= 11 is 0. The van der Waals surface area contributed by atoms with Crippen molar-refractivity contribution in [3.8, 4) is 11.3 Å². The molecule has 37 heavy (non-hydrogen) atoms. The predicted molar refractivity (Wildman–Crippen MR) is 143 cm³/mol. The molecule has 1 saturated carbocycles. The molecule has 1 aromatic heterocycles. The van der Waals surface area contributed by atoms with Gasteiger partial charge in [0.1, 0.15) is 0 Å². The van der Waals surface area contributed by atoms with Crippen LogP contribution in [0.25, 0.3) is 11.3 Å². The van der Waals surface area contributed by atoms with Crippen molar-refractivity contribution < 1.29 is 14.3 Å². The first-order chi connectivity index (χ1) is 17.5. The molecule has 0 radical (unpaired) electrons. The topological polar surface area (TPSA) is 112 Å². The van der Waals surface area contributed by atoms with Crippen LogP contribution in [0.5, 0.6) is 0 Å². The number of benzene rings is 1. The van der Waals surface area contributed by atoms with Gasteiger partial charge in [0.05, 0.1) is 49.8 Å². The van der Waals surface area contributed by atoms with Gasteiger partial charge in [-0.3, -0.25) is 4.79 Å². The molecular formula is C26H34ClN7O3. The number of fused-ring (bicyclic) bond motifs is 1. The summed E-state index contributed by atoms with van der Waals surface area (Å²) in [5, 5.41) is 9.17. The maximum absolute atomic E-state index is 13.2. The molecule has 6 rings (SSSR count). The summed E-state index contributed by atoms with van der Waals surface area (Å²) in [6.45, 7) is 6.01. The molecule has 2 saturated heterocycles. The van der Waals surface area contributed by atoms with Crippen molar-refractivity contribution >= 4 is 36.0 Å². The number of hydrogen-bond donors (Lipinski definition) is 3. The van der Waals surface area contributed by atoms with Gasteiger partial charge in [-0.2, -0.15) is 0 Å². The summed E-state index contributed by atoms with van der Waals surface area (Å²) in [5.74, 6) is 0.817. The van der Waals surface area contributed by atoms with E-state index in [4.69, 9.17) is 14.7 Å². The summed E-state index contributed by atoms with van der Waals surface area (Å²) in [4.78, 5) is 39.4. The summed E-state index contributed by atoms with van der Waals surface area (Å²) in [5.41, 5.74) is 4.42. The van der Waals surface area contributed by atoms with E-state index in [9.17, 15) is 9.59 Å². The maximum atomic E-state index is 13.2. The highest BCUT2D eigenvalue weighted by Crippen LogP contribution is 2.34. The van der Waals surface area contributed by atoms with Gasteiger partial charge in [0.15, 0.2) is 0 Å². The van der Waals surface area contributed by atoms with Crippen LogP contribution in [0.1, 0.15) is 43.9 Å². The fourth-order valence-electron chi connectivity index (χ4n) is 5.20. The molecule has 0 spiro atoms. The smallest absolute Gasteiger partial charge is 0.319 e. The Labute approximate surface area is 223 Å². The lowest BCUT2D eigenvalue weighted by atomic mass is 10.1. The number of carbonyl (C=O) groups is 2. The van der Waals surface area contributed by atoms with Gasteiger partial charge >= 0.3 is 6.03 Å². The van der Waals surface area contributed by atoms with Gasteiger partial charge in [0.25, 0.3) is 0 Å². The van der Waals surface area contributed by atoms with Crippen LogP contribution in [0, 0.1) is 0 Å². The molecule has 0 bridgehead atoms. The molecule has 2 unspecified atom stereocenters. The van der Waals surface area contributed by atoms with Gasteiger partial charge < -0.3 is 30.5 Å². The zero-order valence-corrected chi connectivity index (χ0v) is 21.9. The lowest BCUT2D eigenvalue weighted by molar-refractivity contribution is -0.133. The van der Waals surface area contributed by atoms with Crippen molar-refractivity contribution in [1.29, 1.82) is 0 Å². The van der Waals surface area contributed by atoms with Crippen LogP contribution in [0.15, 0.2) is 24.3 Å². The van der Waals surface area contributed by atoms with Crippen molar-refractivity contribution in [2.75, 3.05) is 36.5 Å². The quantitative estimate of drug-likeness (QED) is 0.548. The number of nitrogens with one attached hydrogen (secondary N) is 3. The van der Waals surface area contributed by atoms with E-state index in [0.717, 1.165) is 67.0 Å². The minimum Gasteiger partial charge on any atom is -0.377 e. The molecule has 1 aliphatic carbocycles. The normalized spacial score (nSPS) is 22.8. The lowest BCUT2D eigenvalue weighted by Gasteiger charge is -2.33. The highest BCUT2D eigenvalue weighted by atomic mass is 35.5. The third-order valence-corrected chi connectivity index (χ3v) is 7.39. The van der Waals surface area contributed by atoms with E-state index in [-0.39, 0.29) is 36.4 Å². The number of aromatic nitrogens is 2. The molecule has 3 aliphatic heterocycles. The molecular weight excluding hydrogens is 494 g/mol. The van der Waals surface area contributed by atoms with E-state index >= 15 is 0 Å². The van der Waals surface area contributed by atoms with Crippen LogP contribution < -0.4 is 20.9 Å². The Morgan fingerprint density at radius 3 is 2.62 bits per heavy atom. The van der Waals surface area contributed by atoms with E-state index in [1.54, 1.807) is 0 Å². The van der Waals surface area contributed by atoms with Crippen molar-refractivity contribution in [1.82, 2.24) is 25.5 Å². The van der Waals surface area contributed by atoms with E-state index < -0.39 is 0 Å². The standard InChI is InChI=1S/C26H33N7O3.ClH/c1-16-15-36-12-11-33(16)25-30-22-14-32(24(34)21-3-2-10-27-21)13-20(22)23(31-25)17-4-6-18(7-5-17)28-26(35)29-19-8-9-19;/h4-7,16,19,21,27H,2-3,8-15H2,1H3,(H2,28,29,35);1H. The second kappa shape index (κ2) is 10.8. The van der Waals surface area contributed by atoms with Crippen molar-refractivity contribution in [3.63, 3.8) is 0 Å². The van der Waals surface area contributed by atoms with E-state index in [1.165, 1.54) is 0 Å². The number of rotatable bonds is 5. The van der Waals surface area contributed by atoms with Crippen LogP contribution in [-0.4, -0.2) is 71.2 Å². The van der Waals surface area contributed by atoms with Crippen molar-refractivity contribution in [2.24, 2.45) is 0 Å². The average Bonchev–Trinajstić information content (AvgIpc) is 3.34. The Morgan fingerprint density at radius 1 is 1.11 bits per heavy atom. The minimum absolute atomic E-state index is 0. The molecule has 198 valence electrons. The largest absolute Gasteiger partial charge is 0.377 e. The van der Waals surface area contributed by atoms with Gasteiger partial charge in [-0.25, -0.2) is 14.8 Å². The van der Waals surface area contributed by atoms with Gasteiger partial charge in [0, 0.05) is 29.4 Å². The van der Waals surface area contributed by atoms with Crippen LogP contribution in [0.4, 0.5) is 16.4 Å². The summed E-state index contributed by atoms with van der Waals surface area (Å²) in [6.07, 6.45) is 4.00. The molecule has 2 atom stereocenters. The third-order valence-electron chi connectivity index (χ3n) is 7.39. The Morgan fingerprint density at radius 2 is 1.92 bits per heavy atom. The summed E-state index contributed by atoms with van der Waals surface area (Å²) < 4.78 is 5.62. The van der Waals surface area contributed by atoms with E-state index in [0.29, 0.717) is 38.3 Å². The average molecular weight is 528 g/mol. The number of morpholine rings is 1. The lowest BCUT2D eigenvalue weighted by Crippen LogP contribution is -2.44. The molecule has 3 fully saturated rings. The first kappa shape index (κ1) is 25.7. The van der Waals surface area contributed by atoms with Gasteiger partial charge in [-0.05, 0) is 51.3 Å². The Balaban J connectivity index is 0.00000280. The Hall–Kier alpha value is -2.95. The zero-order valence-electron chi connectivity index (χ0n) is 21.0. The van der Waals surface area contributed by atoms with E-state index in [1.807, 2.05) is 29.2 Å². The molecule has 3 N–H and O–H groups in total. The number of anilines is 2. The number of hydrogen-bond acceptors (Lipinski definition) is 7. The first-order valence-electron chi connectivity index (χ1n) is 13.0. The summed E-state index contributed by atoms with van der Waals surface area (Å²) in [7, 11) is 0. The Bertz CT molecular complexity index is 1150. The fraction of sp³-hybridized carbons (Fsp3) is 0.538. The number of amides is 3. The van der Waals surface area contributed by atoms with Crippen molar-refractivity contribution in [2.45, 2.75) is 63.8 Å². The van der Waals surface area contributed by atoms with Crippen molar-refractivity contribution in [3.05, 3.63) is 35.5 Å². The maximum Gasteiger partial charge on any atom is 0.319 e. The van der Waals surface area contributed by atoms with Crippen LogP contribution in [0.3, 0.4) is 0 Å². The van der Waals surface area contributed by atoms with Crippen LogP contribution in [-0.2, 0) is 22.6 Å². The van der Waals surface area contributed by atoms with Crippen LogP contribution >= 0.6 is 12.4 Å². The predicted octanol–water partition coefficient (Wildman–Crippen LogP) is 2.67. The number of halogens is 1. The molecule has 10 nitrogen and oxygen atoms in total. The molecule has 11 heteroatoms. The van der Waals surface area contributed by atoms with Gasteiger partial charge in [-0.15, -0.1) is 12.4 Å². The Kier molecular flexibility index (Phi) is 7.50. The molecule has 4 aliphatic rings. The second-order valence-electron chi connectivity index (χ2n) is 10.2. The first-order valence-corrected chi connectivity index (χ1v) is 13.0. The number of nitrogens with zero attached hydrogens (tertiary/aromatic N) is 4. The molecule has 4 heterocycles. The number of urea groups is 1. The third kappa shape index (κ3) is 5.51.